The minimum atomic E-state index is -2.80. The molecule has 0 aromatic carbocycles. The lowest BCUT2D eigenvalue weighted by Crippen LogP contribution is -2.09. The number of alkyl halides is 2. The summed E-state index contributed by atoms with van der Waals surface area (Å²) in [6, 6.07) is 1.34. The maximum absolute atomic E-state index is 12.1. The average Bonchev–Trinajstić information content (AvgIpc) is 2.30. The van der Waals surface area contributed by atoms with Crippen molar-refractivity contribution in [3.05, 3.63) is 23.5 Å². The second-order valence-electron chi connectivity index (χ2n) is 2.34. The predicted octanol–water partition coefficient (Wildman–Crippen LogP) is 1.89. The molecule has 0 fully saturated rings. The van der Waals surface area contributed by atoms with Gasteiger partial charge in [-0.1, -0.05) is 0 Å². The minimum absolute atomic E-state index is 0.336. The van der Waals surface area contributed by atoms with Crippen LogP contribution < -0.4 is 0 Å². The first-order valence-electron chi connectivity index (χ1n) is 3.23. The van der Waals surface area contributed by atoms with E-state index >= 15 is 0 Å². The van der Waals surface area contributed by atoms with Crippen LogP contribution >= 0.6 is 0 Å². The van der Waals surface area contributed by atoms with Crippen LogP contribution in [-0.2, 0) is 0 Å². The van der Waals surface area contributed by atoms with Gasteiger partial charge < -0.3 is 5.11 Å². The first-order chi connectivity index (χ1) is 5.54. The van der Waals surface area contributed by atoms with E-state index < -0.39 is 12.5 Å². The van der Waals surface area contributed by atoms with Crippen LogP contribution in [0.15, 0.2) is 12.3 Å². The summed E-state index contributed by atoms with van der Waals surface area (Å²) in [7, 11) is 0. The van der Waals surface area contributed by atoms with E-state index in [9.17, 15) is 13.6 Å². The molecule has 0 aliphatic rings. The second kappa shape index (κ2) is 2.92. The molecule has 3 nitrogen and oxygen atoms in total. The van der Waals surface area contributed by atoms with Gasteiger partial charge in [0.2, 0.25) is 0 Å². The largest absolute Gasteiger partial charge is 0.477 e. The Kier molecular flexibility index (Phi) is 2.12. The van der Waals surface area contributed by atoms with E-state index in [-0.39, 0.29) is 5.69 Å². The topological polar surface area (TPSA) is 42.2 Å². The van der Waals surface area contributed by atoms with Gasteiger partial charge >= 0.3 is 12.5 Å². The second-order valence-corrected chi connectivity index (χ2v) is 2.34. The smallest absolute Gasteiger partial charge is 0.352 e. The highest BCUT2D eigenvalue weighted by Gasteiger charge is 2.18. The Hall–Kier alpha value is -1.39. The molecule has 0 radical (unpaired) electrons. The van der Waals surface area contributed by atoms with Gasteiger partial charge in [-0.05, 0) is 18.6 Å². The molecule has 0 saturated heterocycles. The summed E-state index contributed by atoms with van der Waals surface area (Å²) in [4.78, 5) is 10.5. The van der Waals surface area contributed by atoms with Crippen molar-refractivity contribution in [2.75, 3.05) is 0 Å². The van der Waals surface area contributed by atoms with Crippen LogP contribution in [0.1, 0.15) is 22.6 Å². The molecule has 0 atom stereocenters. The number of aryl methyl sites for hydroxylation is 1. The molecule has 0 aliphatic carbocycles. The molecule has 1 aromatic rings. The van der Waals surface area contributed by atoms with E-state index in [1.54, 1.807) is 0 Å². The lowest BCUT2D eigenvalue weighted by molar-refractivity contribution is 0.0527. The third-order valence-electron chi connectivity index (χ3n) is 1.53. The average molecular weight is 175 g/mol. The SMILES string of the molecule is Cc1ccn(C(F)F)c1C(=O)O. The molecule has 1 rings (SSSR count). The summed E-state index contributed by atoms with van der Waals surface area (Å²) in [5.74, 6) is -1.34. The van der Waals surface area contributed by atoms with Crippen LogP contribution in [0.3, 0.4) is 0 Å². The monoisotopic (exact) mass is 175 g/mol. The number of carboxylic acid groups (broad SMARTS) is 1. The normalized spacial score (nSPS) is 10.7. The fourth-order valence-electron chi connectivity index (χ4n) is 0.991. The first-order valence-corrected chi connectivity index (χ1v) is 3.23. The quantitative estimate of drug-likeness (QED) is 0.745. The van der Waals surface area contributed by atoms with Crippen molar-refractivity contribution in [3.8, 4) is 0 Å². The maximum atomic E-state index is 12.1. The maximum Gasteiger partial charge on any atom is 0.352 e. The van der Waals surface area contributed by atoms with Crippen LogP contribution in [-0.4, -0.2) is 15.6 Å². The van der Waals surface area contributed by atoms with Gasteiger partial charge in [0.05, 0.1) is 0 Å². The van der Waals surface area contributed by atoms with Crippen molar-refractivity contribution < 1.29 is 18.7 Å². The molecule has 1 aromatic heterocycles. The summed E-state index contributed by atoms with van der Waals surface area (Å²) < 4.78 is 24.6. The third kappa shape index (κ3) is 1.30. The number of carboxylic acids is 1. The van der Waals surface area contributed by atoms with Crippen LogP contribution in [0.25, 0.3) is 0 Å². The minimum Gasteiger partial charge on any atom is -0.477 e. The van der Waals surface area contributed by atoms with Crippen molar-refractivity contribution in [1.82, 2.24) is 4.57 Å². The Morgan fingerprint density at radius 1 is 1.67 bits per heavy atom. The van der Waals surface area contributed by atoms with Crippen molar-refractivity contribution in [1.29, 1.82) is 0 Å². The number of rotatable bonds is 2. The van der Waals surface area contributed by atoms with E-state index in [1.165, 1.54) is 13.0 Å². The third-order valence-corrected chi connectivity index (χ3v) is 1.53. The Balaban J connectivity index is 3.21. The molecule has 0 amide bonds. The number of carbonyl (C=O) groups is 1. The lowest BCUT2D eigenvalue weighted by atomic mass is 10.3. The Morgan fingerprint density at radius 3 is 2.58 bits per heavy atom. The zero-order valence-electron chi connectivity index (χ0n) is 6.29. The van der Waals surface area contributed by atoms with Gasteiger partial charge in [-0.25, -0.2) is 4.79 Å². The molecule has 0 aliphatic heterocycles. The number of nitrogens with zero attached hydrogens (tertiary/aromatic N) is 1. The van der Waals surface area contributed by atoms with Crippen molar-refractivity contribution in [3.63, 3.8) is 0 Å². The highest BCUT2D eigenvalue weighted by molar-refractivity contribution is 5.87. The summed E-state index contributed by atoms with van der Waals surface area (Å²) in [6.45, 7) is -1.33. The highest BCUT2D eigenvalue weighted by atomic mass is 19.3. The van der Waals surface area contributed by atoms with Gasteiger partial charge in [0.1, 0.15) is 5.69 Å². The predicted molar refractivity (Wildman–Crippen MR) is 37.4 cm³/mol. The van der Waals surface area contributed by atoms with Crippen molar-refractivity contribution in [2.24, 2.45) is 0 Å². The molecule has 1 N–H and O–H groups in total. The van der Waals surface area contributed by atoms with Gasteiger partial charge in [-0.3, -0.25) is 4.57 Å². The van der Waals surface area contributed by atoms with E-state index in [4.69, 9.17) is 5.11 Å². The number of aromatic nitrogens is 1. The van der Waals surface area contributed by atoms with Crippen molar-refractivity contribution >= 4 is 5.97 Å². The number of halogens is 2. The number of hydrogen-bond donors (Lipinski definition) is 1. The standard InChI is InChI=1S/C7H7F2NO2/c1-4-2-3-10(7(8)9)5(4)6(11)12/h2-3,7H,1H3,(H,11,12). The van der Waals surface area contributed by atoms with E-state index in [0.29, 0.717) is 10.1 Å². The van der Waals surface area contributed by atoms with Crippen LogP contribution in [0.5, 0.6) is 0 Å². The summed E-state index contributed by atoms with van der Waals surface area (Å²) in [5.41, 5.74) is -0.0206. The van der Waals surface area contributed by atoms with Gasteiger partial charge in [0.15, 0.2) is 0 Å². The molecule has 1 heterocycles. The van der Waals surface area contributed by atoms with E-state index in [1.807, 2.05) is 0 Å². The number of aromatic carboxylic acids is 1. The Morgan fingerprint density at radius 2 is 2.25 bits per heavy atom. The van der Waals surface area contributed by atoms with Gasteiger partial charge in [-0.2, -0.15) is 8.78 Å². The van der Waals surface area contributed by atoms with Crippen LogP contribution in [0.4, 0.5) is 8.78 Å². The van der Waals surface area contributed by atoms with E-state index in [0.717, 1.165) is 6.20 Å². The van der Waals surface area contributed by atoms with Gasteiger partial charge in [0, 0.05) is 6.20 Å². The molecular formula is C7H7F2NO2. The van der Waals surface area contributed by atoms with Gasteiger partial charge in [0.25, 0.3) is 0 Å². The lowest BCUT2D eigenvalue weighted by Gasteiger charge is -2.03. The number of hydrogen-bond acceptors (Lipinski definition) is 1. The summed E-state index contributed by atoms with van der Waals surface area (Å²) >= 11 is 0. The van der Waals surface area contributed by atoms with Crippen molar-refractivity contribution in [2.45, 2.75) is 13.5 Å². The molecular weight excluding hydrogens is 168 g/mol. The molecule has 0 saturated carbocycles. The molecule has 66 valence electrons. The molecule has 0 bridgehead atoms. The zero-order valence-corrected chi connectivity index (χ0v) is 6.29. The van der Waals surface area contributed by atoms with Crippen LogP contribution in [0, 0.1) is 6.92 Å². The fourth-order valence-corrected chi connectivity index (χ4v) is 0.991. The highest BCUT2D eigenvalue weighted by Crippen LogP contribution is 2.17. The molecule has 0 unspecified atom stereocenters. The fraction of sp³-hybridized carbons (Fsp3) is 0.286. The van der Waals surface area contributed by atoms with E-state index in [2.05, 4.69) is 0 Å². The molecule has 12 heavy (non-hydrogen) atoms. The molecule has 0 spiro atoms. The Bertz CT molecular complexity index is 306. The summed E-state index contributed by atoms with van der Waals surface area (Å²) in [6.07, 6.45) is 1.06. The first kappa shape index (κ1) is 8.70. The van der Waals surface area contributed by atoms with Crippen LogP contribution in [0.2, 0.25) is 0 Å². The van der Waals surface area contributed by atoms with Gasteiger partial charge in [-0.15, -0.1) is 0 Å². The molecule has 5 heteroatoms. The summed E-state index contributed by atoms with van der Waals surface area (Å²) in [5, 5.41) is 8.53. The Labute approximate surface area is 67.2 Å². The zero-order chi connectivity index (χ0) is 9.30.